The fourth-order valence-corrected chi connectivity index (χ4v) is 3.95. The van der Waals surface area contributed by atoms with Crippen LogP contribution in [0.15, 0.2) is 36.5 Å². The third-order valence-corrected chi connectivity index (χ3v) is 4.96. The summed E-state index contributed by atoms with van der Waals surface area (Å²) in [5.41, 5.74) is 1.72. The van der Waals surface area contributed by atoms with Gasteiger partial charge in [-0.05, 0) is 43.7 Å². The minimum Gasteiger partial charge on any atom is -0.311 e. The number of rotatable bonds is 3. The Balaban J connectivity index is 1.50. The molecule has 1 aromatic carbocycles. The van der Waals surface area contributed by atoms with Gasteiger partial charge in [0.05, 0.1) is 5.52 Å². The highest BCUT2D eigenvalue weighted by atomic mass is 16.1. The molecule has 4 rings (SSSR count). The molecule has 0 amide bonds. The fraction of sp³-hybridized carbons (Fsp3) is 0.444. The Morgan fingerprint density at radius 2 is 1.95 bits per heavy atom. The minimum atomic E-state index is 0.250. The van der Waals surface area contributed by atoms with Crippen LogP contribution >= 0.6 is 0 Å². The number of aromatic nitrogens is 1. The van der Waals surface area contributed by atoms with E-state index in [1.165, 1.54) is 12.8 Å². The van der Waals surface area contributed by atoms with Crippen LogP contribution in [0.1, 0.15) is 42.5 Å². The molecule has 0 radical (unpaired) electrons. The maximum absolute atomic E-state index is 12.5. The Labute approximate surface area is 124 Å². The molecular formula is C18H20N2O. The Hall–Kier alpha value is -1.74. The van der Waals surface area contributed by atoms with Gasteiger partial charge in [-0.2, -0.15) is 0 Å². The van der Waals surface area contributed by atoms with Crippen molar-refractivity contribution in [1.82, 2.24) is 10.3 Å². The van der Waals surface area contributed by atoms with Crippen LogP contribution in [0.5, 0.6) is 0 Å². The highest BCUT2D eigenvalue weighted by Crippen LogP contribution is 2.33. The summed E-state index contributed by atoms with van der Waals surface area (Å²) in [5, 5.41) is 4.68. The van der Waals surface area contributed by atoms with E-state index in [1.807, 2.05) is 30.3 Å². The van der Waals surface area contributed by atoms with E-state index in [2.05, 4.69) is 10.3 Å². The molecule has 2 atom stereocenters. The van der Waals surface area contributed by atoms with Crippen LogP contribution in [0.3, 0.4) is 0 Å². The normalized spacial score (nSPS) is 27.9. The number of carbonyl (C=O) groups excluding carboxylic acids is 1. The van der Waals surface area contributed by atoms with Gasteiger partial charge in [0.1, 0.15) is 0 Å². The summed E-state index contributed by atoms with van der Waals surface area (Å²) < 4.78 is 0. The first-order chi connectivity index (χ1) is 10.3. The summed E-state index contributed by atoms with van der Waals surface area (Å²) in [7, 11) is 0. The summed E-state index contributed by atoms with van der Waals surface area (Å²) in [6, 6.07) is 11.2. The van der Waals surface area contributed by atoms with Crippen LogP contribution in [-0.4, -0.2) is 22.9 Å². The molecule has 21 heavy (non-hydrogen) atoms. The average Bonchev–Trinajstić information content (AvgIpc) is 2.85. The minimum absolute atomic E-state index is 0.250. The van der Waals surface area contributed by atoms with Gasteiger partial charge in [-0.3, -0.25) is 9.78 Å². The number of para-hydroxylation sites is 1. The number of nitrogens with one attached hydrogen (secondary N) is 1. The number of piperidine rings is 1. The monoisotopic (exact) mass is 280 g/mol. The third kappa shape index (κ3) is 2.58. The Bertz CT molecular complexity index is 670. The van der Waals surface area contributed by atoms with Crippen molar-refractivity contribution < 1.29 is 4.79 Å². The van der Waals surface area contributed by atoms with E-state index in [9.17, 15) is 4.79 Å². The molecule has 3 heterocycles. The summed E-state index contributed by atoms with van der Waals surface area (Å²) >= 11 is 0. The molecule has 0 saturated carbocycles. The SMILES string of the molecule is O=C(CC1CC2CCC(C1)N2)c1cnc2ccccc2c1. The zero-order valence-electron chi connectivity index (χ0n) is 12.1. The van der Waals surface area contributed by atoms with Crippen molar-refractivity contribution in [3.05, 3.63) is 42.1 Å². The third-order valence-electron chi connectivity index (χ3n) is 4.96. The van der Waals surface area contributed by atoms with Crippen LogP contribution in [0, 0.1) is 5.92 Å². The molecule has 2 saturated heterocycles. The van der Waals surface area contributed by atoms with Crippen molar-refractivity contribution in [2.75, 3.05) is 0 Å². The zero-order chi connectivity index (χ0) is 14.2. The van der Waals surface area contributed by atoms with Crippen molar-refractivity contribution in [1.29, 1.82) is 0 Å². The lowest BCUT2D eigenvalue weighted by atomic mass is 9.87. The van der Waals surface area contributed by atoms with E-state index in [0.29, 0.717) is 24.4 Å². The highest BCUT2D eigenvalue weighted by Gasteiger charge is 2.34. The lowest BCUT2D eigenvalue weighted by molar-refractivity contribution is 0.0945. The van der Waals surface area contributed by atoms with Crippen LogP contribution in [0.4, 0.5) is 0 Å². The highest BCUT2D eigenvalue weighted by molar-refractivity contribution is 5.98. The molecule has 2 aliphatic rings. The van der Waals surface area contributed by atoms with Crippen LogP contribution in [0.25, 0.3) is 10.9 Å². The number of hydrogen-bond acceptors (Lipinski definition) is 3. The van der Waals surface area contributed by atoms with Crippen molar-refractivity contribution in [3.63, 3.8) is 0 Å². The fourth-order valence-electron chi connectivity index (χ4n) is 3.95. The Kier molecular flexibility index (Phi) is 3.23. The van der Waals surface area contributed by atoms with Crippen molar-refractivity contribution in [2.24, 2.45) is 5.92 Å². The van der Waals surface area contributed by atoms with Gasteiger partial charge in [0.2, 0.25) is 0 Å². The van der Waals surface area contributed by atoms with E-state index < -0.39 is 0 Å². The van der Waals surface area contributed by atoms with Crippen molar-refractivity contribution >= 4 is 16.7 Å². The number of hydrogen-bond donors (Lipinski definition) is 1. The number of fused-ring (bicyclic) bond motifs is 3. The van der Waals surface area contributed by atoms with Crippen LogP contribution < -0.4 is 5.32 Å². The molecule has 0 spiro atoms. The van der Waals surface area contributed by atoms with Crippen LogP contribution in [-0.2, 0) is 0 Å². The Morgan fingerprint density at radius 1 is 1.19 bits per heavy atom. The van der Waals surface area contributed by atoms with E-state index in [4.69, 9.17) is 0 Å². The quantitative estimate of drug-likeness (QED) is 0.877. The standard InChI is InChI=1S/C18H20N2O/c21-18(9-12-7-15-5-6-16(8-12)20-15)14-10-13-3-1-2-4-17(13)19-11-14/h1-4,10-12,15-16,20H,5-9H2. The van der Waals surface area contributed by atoms with E-state index in [1.54, 1.807) is 6.20 Å². The number of ketones is 1. The second-order valence-electron chi connectivity index (χ2n) is 6.52. The first-order valence-electron chi connectivity index (χ1n) is 7.92. The molecule has 1 aromatic heterocycles. The lowest BCUT2D eigenvalue weighted by Crippen LogP contribution is -2.38. The molecule has 0 aliphatic carbocycles. The molecular weight excluding hydrogens is 260 g/mol. The molecule has 1 N–H and O–H groups in total. The van der Waals surface area contributed by atoms with E-state index in [0.717, 1.165) is 29.3 Å². The molecule has 2 bridgehead atoms. The van der Waals surface area contributed by atoms with E-state index >= 15 is 0 Å². The van der Waals surface area contributed by atoms with Gasteiger partial charge < -0.3 is 5.32 Å². The first kappa shape index (κ1) is 13.0. The largest absolute Gasteiger partial charge is 0.311 e. The number of nitrogens with zero attached hydrogens (tertiary/aromatic N) is 1. The predicted molar refractivity (Wildman–Crippen MR) is 83.4 cm³/mol. The zero-order valence-corrected chi connectivity index (χ0v) is 12.1. The van der Waals surface area contributed by atoms with Gasteiger partial charge in [0.25, 0.3) is 0 Å². The molecule has 2 aromatic rings. The van der Waals surface area contributed by atoms with Gasteiger partial charge in [-0.15, -0.1) is 0 Å². The van der Waals surface area contributed by atoms with Gasteiger partial charge >= 0.3 is 0 Å². The maximum Gasteiger partial charge on any atom is 0.164 e. The number of pyridine rings is 1. The topological polar surface area (TPSA) is 42.0 Å². The molecule has 108 valence electrons. The number of benzene rings is 1. The van der Waals surface area contributed by atoms with Gasteiger partial charge in [0.15, 0.2) is 5.78 Å². The average molecular weight is 280 g/mol. The van der Waals surface area contributed by atoms with Crippen molar-refractivity contribution in [3.8, 4) is 0 Å². The van der Waals surface area contributed by atoms with Crippen LogP contribution in [0.2, 0.25) is 0 Å². The smallest absolute Gasteiger partial charge is 0.164 e. The predicted octanol–water partition coefficient (Wildman–Crippen LogP) is 3.34. The maximum atomic E-state index is 12.5. The van der Waals surface area contributed by atoms with Gasteiger partial charge in [-0.25, -0.2) is 0 Å². The summed E-state index contributed by atoms with van der Waals surface area (Å²) in [4.78, 5) is 16.9. The molecule has 3 heteroatoms. The lowest BCUT2D eigenvalue weighted by Gasteiger charge is -2.28. The number of Topliss-reactive ketones (excluding diaryl/α,β-unsaturated/α-hetero) is 1. The number of carbonyl (C=O) groups is 1. The molecule has 2 fully saturated rings. The van der Waals surface area contributed by atoms with Gasteiger partial charge in [0, 0.05) is 35.7 Å². The summed E-state index contributed by atoms with van der Waals surface area (Å²) in [6.07, 6.45) is 7.29. The second kappa shape index (κ2) is 5.23. The summed E-state index contributed by atoms with van der Waals surface area (Å²) in [6.45, 7) is 0. The van der Waals surface area contributed by atoms with Crippen molar-refractivity contribution in [2.45, 2.75) is 44.2 Å². The molecule has 2 unspecified atom stereocenters. The summed E-state index contributed by atoms with van der Waals surface area (Å²) in [5.74, 6) is 0.794. The molecule has 2 aliphatic heterocycles. The first-order valence-corrected chi connectivity index (χ1v) is 7.92. The second-order valence-corrected chi connectivity index (χ2v) is 6.52. The molecule has 3 nitrogen and oxygen atoms in total. The Morgan fingerprint density at radius 3 is 2.76 bits per heavy atom. The van der Waals surface area contributed by atoms with Gasteiger partial charge in [-0.1, -0.05) is 18.2 Å². The van der Waals surface area contributed by atoms with E-state index in [-0.39, 0.29) is 5.78 Å².